The number of nitrogens with two attached hydrogens (primary N) is 1. The fourth-order valence-electron chi connectivity index (χ4n) is 1.70. The Morgan fingerprint density at radius 2 is 2.11 bits per heavy atom. The van der Waals surface area contributed by atoms with Crippen molar-refractivity contribution in [1.29, 1.82) is 0 Å². The van der Waals surface area contributed by atoms with E-state index in [2.05, 4.69) is 5.16 Å². The third-order valence-corrected chi connectivity index (χ3v) is 4.80. The highest BCUT2D eigenvalue weighted by molar-refractivity contribution is 8.00. The zero-order chi connectivity index (χ0) is 14.8. The Balaban J connectivity index is 2.79. The average Bonchev–Trinajstić information content (AvgIpc) is 2.68. The Bertz CT molecular complexity index is 437. The third-order valence-electron chi connectivity index (χ3n) is 3.49. The van der Waals surface area contributed by atoms with E-state index in [9.17, 15) is 4.79 Å². The standard InChI is InChI=1S/C13H23N3O2S/c1-8-10(9(2)18-15-8)7-16(5)12(17)11(14)13(3,4)19-6/h11H,7,14H2,1-6H3/t11-/m1/s1. The maximum Gasteiger partial charge on any atom is 0.240 e. The number of hydrogen-bond acceptors (Lipinski definition) is 5. The van der Waals surface area contributed by atoms with Crippen LogP contribution in [0.2, 0.25) is 0 Å². The van der Waals surface area contributed by atoms with Crippen LogP contribution in [0, 0.1) is 13.8 Å². The Kier molecular flexibility index (Phi) is 5.04. The minimum atomic E-state index is -0.534. The predicted molar refractivity (Wildman–Crippen MR) is 78.0 cm³/mol. The van der Waals surface area contributed by atoms with Gasteiger partial charge in [0, 0.05) is 17.4 Å². The highest BCUT2D eigenvalue weighted by Gasteiger charge is 2.33. The van der Waals surface area contributed by atoms with Crippen molar-refractivity contribution >= 4 is 17.7 Å². The number of thioether (sulfide) groups is 1. The highest BCUT2D eigenvalue weighted by Crippen LogP contribution is 2.25. The summed E-state index contributed by atoms with van der Waals surface area (Å²) in [6, 6.07) is -0.534. The quantitative estimate of drug-likeness (QED) is 0.892. The van der Waals surface area contributed by atoms with Crippen LogP contribution in [-0.2, 0) is 11.3 Å². The summed E-state index contributed by atoms with van der Waals surface area (Å²) in [6.45, 7) is 8.14. The van der Waals surface area contributed by atoms with Gasteiger partial charge in [-0.3, -0.25) is 4.79 Å². The molecule has 19 heavy (non-hydrogen) atoms. The summed E-state index contributed by atoms with van der Waals surface area (Å²) in [5, 5.41) is 3.89. The molecule has 1 aromatic heterocycles. The molecule has 1 atom stereocenters. The van der Waals surface area contributed by atoms with Gasteiger partial charge in [-0.2, -0.15) is 11.8 Å². The van der Waals surface area contributed by atoms with Crippen LogP contribution in [-0.4, -0.2) is 40.1 Å². The lowest BCUT2D eigenvalue weighted by Crippen LogP contribution is -2.52. The van der Waals surface area contributed by atoms with Gasteiger partial charge in [0.05, 0.1) is 18.3 Å². The molecule has 0 aliphatic carbocycles. The van der Waals surface area contributed by atoms with Gasteiger partial charge >= 0.3 is 0 Å². The maximum atomic E-state index is 12.3. The number of carbonyl (C=O) groups is 1. The lowest BCUT2D eigenvalue weighted by Gasteiger charge is -2.31. The van der Waals surface area contributed by atoms with Gasteiger partial charge in [0.25, 0.3) is 0 Å². The summed E-state index contributed by atoms with van der Waals surface area (Å²) in [4.78, 5) is 14.0. The van der Waals surface area contributed by atoms with Crippen molar-refractivity contribution in [2.45, 2.75) is 45.0 Å². The van der Waals surface area contributed by atoms with Crippen LogP contribution in [0.15, 0.2) is 4.52 Å². The molecule has 108 valence electrons. The molecule has 6 heteroatoms. The van der Waals surface area contributed by atoms with Gasteiger partial charge in [0.1, 0.15) is 5.76 Å². The molecule has 5 nitrogen and oxygen atoms in total. The summed E-state index contributed by atoms with van der Waals surface area (Å²) >= 11 is 1.59. The molecule has 0 saturated heterocycles. The highest BCUT2D eigenvalue weighted by atomic mass is 32.2. The Morgan fingerprint density at radius 3 is 2.53 bits per heavy atom. The summed E-state index contributed by atoms with van der Waals surface area (Å²) in [5.41, 5.74) is 7.82. The molecular weight excluding hydrogens is 262 g/mol. The second kappa shape index (κ2) is 5.96. The van der Waals surface area contributed by atoms with Crippen LogP contribution in [0.3, 0.4) is 0 Å². The Morgan fingerprint density at radius 1 is 1.53 bits per heavy atom. The molecule has 1 rings (SSSR count). The second-order valence-electron chi connectivity index (χ2n) is 5.28. The monoisotopic (exact) mass is 285 g/mol. The van der Waals surface area contributed by atoms with Crippen molar-refractivity contribution in [3.05, 3.63) is 17.0 Å². The van der Waals surface area contributed by atoms with Crippen molar-refractivity contribution in [2.75, 3.05) is 13.3 Å². The molecule has 1 amide bonds. The number of aryl methyl sites for hydroxylation is 2. The van der Waals surface area contributed by atoms with Crippen LogP contribution in [0.25, 0.3) is 0 Å². The minimum absolute atomic E-state index is 0.0700. The van der Waals surface area contributed by atoms with Gasteiger partial charge in [0.15, 0.2) is 0 Å². The molecule has 0 aliphatic heterocycles. The fraction of sp³-hybridized carbons (Fsp3) is 0.692. The first-order valence-electron chi connectivity index (χ1n) is 6.18. The zero-order valence-corrected chi connectivity index (χ0v) is 13.3. The van der Waals surface area contributed by atoms with Crippen molar-refractivity contribution in [1.82, 2.24) is 10.1 Å². The number of amides is 1. The largest absolute Gasteiger partial charge is 0.361 e. The SMILES string of the molecule is CSC(C)(C)[C@H](N)C(=O)N(C)Cc1c(C)noc1C. The number of carbonyl (C=O) groups excluding carboxylic acids is 1. The van der Waals surface area contributed by atoms with Crippen molar-refractivity contribution in [3.8, 4) is 0 Å². The van der Waals surface area contributed by atoms with E-state index in [1.165, 1.54) is 0 Å². The van der Waals surface area contributed by atoms with Gasteiger partial charge < -0.3 is 15.2 Å². The van der Waals surface area contributed by atoms with Gasteiger partial charge in [-0.25, -0.2) is 0 Å². The summed E-state index contributed by atoms with van der Waals surface area (Å²) < 4.78 is 4.81. The first kappa shape index (κ1) is 16.0. The third kappa shape index (κ3) is 3.51. The van der Waals surface area contributed by atoms with Crippen molar-refractivity contribution in [2.24, 2.45) is 5.73 Å². The number of hydrogen-bond donors (Lipinski definition) is 1. The van der Waals surface area contributed by atoms with Gasteiger partial charge in [0.2, 0.25) is 5.91 Å². The molecule has 0 fully saturated rings. The number of rotatable bonds is 5. The topological polar surface area (TPSA) is 72.4 Å². The van der Waals surface area contributed by atoms with Gasteiger partial charge in [-0.05, 0) is 34.0 Å². The van der Waals surface area contributed by atoms with E-state index >= 15 is 0 Å². The number of likely N-dealkylation sites (N-methyl/N-ethyl adjacent to an activating group) is 1. The van der Waals surface area contributed by atoms with Crippen LogP contribution >= 0.6 is 11.8 Å². The Hall–Kier alpha value is -1.01. The zero-order valence-electron chi connectivity index (χ0n) is 12.5. The van der Waals surface area contributed by atoms with Crippen LogP contribution in [0.5, 0.6) is 0 Å². The van der Waals surface area contributed by atoms with Crippen molar-refractivity contribution in [3.63, 3.8) is 0 Å². The number of nitrogens with zero attached hydrogens (tertiary/aromatic N) is 2. The predicted octanol–water partition coefficient (Wildman–Crippen LogP) is 1.72. The van der Waals surface area contributed by atoms with E-state index < -0.39 is 6.04 Å². The fourth-order valence-corrected chi connectivity index (χ4v) is 2.06. The Labute approximate surface area is 118 Å². The lowest BCUT2D eigenvalue weighted by molar-refractivity contribution is -0.132. The molecule has 0 unspecified atom stereocenters. The number of aromatic nitrogens is 1. The van der Waals surface area contributed by atoms with E-state index in [1.807, 2.05) is 34.0 Å². The smallest absolute Gasteiger partial charge is 0.240 e. The van der Waals surface area contributed by atoms with Crippen LogP contribution in [0.1, 0.15) is 30.9 Å². The normalized spacial score (nSPS) is 13.4. The average molecular weight is 285 g/mol. The molecule has 0 aromatic carbocycles. The van der Waals surface area contributed by atoms with Gasteiger partial charge in [-0.15, -0.1) is 0 Å². The molecule has 0 aliphatic rings. The molecule has 0 spiro atoms. The molecule has 1 heterocycles. The van der Waals surface area contributed by atoms with Crippen LogP contribution in [0.4, 0.5) is 0 Å². The maximum absolute atomic E-state index is 12.3. The van der Waals surface area contributed by atoms with E-state index in [0.29, 0.717) is 6.54 Å². The summed E-state index contributed by atoms with van der Waals surface area (Å²) in [5.74, 6) is 0.675. The summed E-state index contributed by atoms with van der Waals surface area (Å²) in [6.07, 6.45) is 1.96. The molecular formula is C13H23N3O2S. The summed E-state index contributed by atoms with van der Waals surface area (Å²) in [7, 11) is 1.75. The second-order valence-corrected chi connectivity index (χ2v) is 6.74. The van der Waals surface area contributed by atoms with E-state index in [0.717, 1.165) is 17.0 Å². The first-order valence-corrected chi connectivity index (χ1v) is 7.40. The minimum Gasteiger partial charge on any atom is -0.361 e. The first-order chi connectivity index (χ1) is 8.70. The molecule has 2 N–H and O–H groups in total. The van der Waals surface area contributed by atoms with Gasteiger partial charge in [-0.1, -0.05) is 5.16 Å². The van der Waals surface area contributed by atoms with Crippen LogP contribution < -0.4 is 5.73 Å². The molecule has 0 saturated carbocycles. The lowest BCUT2D eigenvalue weighted by atomic mass is 10.0. The van der Waals surface area contributed by atoms with E-state index in [1.54, 1.807) is 23.7 Å². The van der Waals surface area contributed by atoms with Crippen molar-refractivity contribution < 1.29 is 9.32 Å². The van der Waals surface area contributed by atoms with E-state index in [4.69, 9.17) is 10.3 Å². The van der Waals surface area contributed by atoms with E-state index in [-0.39, 0.29) is 10.7 Å². The molecule has 0 bridgehead atoms. The molecule has 0 radical (unpaired) electrons. The molecule has 1 aromatic rings.